The van der Waals surface area contributed by atoms with E-state index >= 15 is 0 Å². The average Bonchev–Trinajstić information content (AvgIpc) is 3.85. The number of fused-ring (bicyclic) bond motifs is 2. The second-order valence-corrected chi connectivity index (χ2v) is 14.7. The molecule has 0 atom stereocenters. The maximum atomic E-state index is 13.9. The van der Waals surface area contributed by atoms with Crippen LogP contribution in [0.3, 0.4) is 0 Å². The van der Waals surface area contributed by atoms with Crippen LogP contribution in [0.4, 0.5) is 11.4 Å². The fourth-order valence-corrected chi connectivity index (χ4v) is 7.84. The lowest BCUT2D eigenvalue weighted by Crippen LogP contribution is -2.35. The molecule has 1 N–H and O–H groups in total. The van der Waals surface area contributed by atoms with Crippen molar-refractivity contribution in [3.63, 3.8) is 0 Å². The smallest absolute Gasteiger partial charge is 0.301 e. The van der Waals surface area contributed by atoms with Crippen molar-refractivity contribution in [2.75, 3.05) is 24.6 Å². The van der Waals surface area contributed by atoms with Crippen molar-refractivity contribution in [2.24, 2.45) is 11.8 Å². The molecule has 13 nitrogen and oxygen atoms in total. The molecule has 0 radical (unpaired) electrons. The molecule has 0 unspecified atom stereocenters. The van der Waals surface area contributed by atoms with Crippen molar-refractivity contribution in [1.82, 2.24) is 20.2 Å². The number of benzene rings is 3. The van der Waals surface area contributed by atoms with E-state index in [0.29, 0.717) is 37.6 Å². The highest BCUT2D eigenvalue weighted by Gasteiger charge is 2.29. The van der Waals surface area contributed by atoms with Gasteiger partial charge in [0.1, 0.15) is 6.54 Å². The number of hydrogen-bond donors (Lipinski definition) is 1. The predicted molar refractivity (Wildman–Crippen MR) is 215 cm³/mol. The van der Waals surface area contributed by atoms with E-state index in [1.54, 1.807) is 4.90 Å². The van der Waals surface area contributed by atoms with Crippen molar-refractivity contribution in [2.45, 2.75) is 97.4 Å². The van der Waals surface area contributed by atoms with E-state index in [4.69, 9.17) is 4.74 Å². The third-order valence-corrected chi connectivity index (χ3v) is 11.0. The molecule has 5 aromatic rings. The molecule has 296 valence electrons. The van der Waals surface area contributed by atoms with E-state index in [0.717, 1.165) is 87.2 Å². The van der Waals surface area contributed by atoms with E-state index in [2.05, 4.69) is 39.3 Å². The molecule has 6 rings (SSSR count). The lowest BCUT2D eigenvalue weighted by Gasteiger charge is -2.27. The molecule has 0 spiro atoms. The van der Waals surface area contributed by atoms with Gasteiger partial charge in [-0.2, -0.15) is 0 Å². The summed E-state index contributed by atoms with van der Waals surface area (Å²) in [6.45, 7) is 5.81. The molecule has 2 amide bonds. The van der Waals surface area contributed by atoms with Gasteiger partial charge >= 0.3 is 5.69 Å². The van der Waals surface area contributed by atoms with Crippen LogP contribution in [-0.2, 0) is 22.6 Å². The minimum Gasteiger partial charge on any atom is -0.491 e. The number of non-ortho nitro benzene ring substituents is 1. The summed E-state index contributed by atoms with van der Waals surface area (Å²) in [6.07, 6.45) is 10.4. The van der Waals surface area contributed by atoms with E-state index in [-0.39, 0.29) is 52.7 Å². The quantitative estimate of drug-likeness (QED) is 0.0354. The minimum absolute atomic E-state index is 0.0262. The number of nitrogens with zero attached hydrogens (tertiary/aromatic N) is 5. The number of amides is 2. The first-order valence-electron chi connectivity index (χ1n) is 20.1. The molecule has 56 heavy (non-hydrogen) atoms. The number of nitro groups is 1. The van der Waals surface area contributed by atoms with Crippen molar-refractivity contribution in [1.29, 1.82) is 0 Å². The number of hydrogen-bond acceptors (Lipinski definition) is 9. The summed E-state index contributed by atoms with van der Waals surface area (Å²) in [5, 5.41) is 22.6. The van der Waals surface area contributed by atoms with Gasteiger partial charge in [0, 0.05) is 48.1 Å². The van der Waals surface area contributed by atoms with Crippen LogP contribution in [0.5, 0.6) is 5.75 Å². The standard InChI is InChI=1S/C43H52N6O7/c1-3-30-14-13-16-34(26-30)47(4-2)40(51)29-48-35-17-10-9-15-33(35)28-37(48)38(50)27-31-18-20-32(21-19-31)43(52)44-24-11-7-5-6-8-12-25-55-39-23-22-36(49(53)54)41-42(39)46-56-45-41/h9-10,13-17,22-23,26,28,31-32H,3-8,11-12,18-21,24-25,27,29H2,1-2H3,(H,44,52). The van der Waals surface area contributed by atoms with E-state index in [9.17, 15) is 24.5 Å². The second kappa shape index (κ2) is 19.3. The van der Waals surface area contributed by atoms with Crippen molar-refractivity contribution in [3.8, 4) is 5.75 Å². The number of carbonyl (C=O) groups excluding carboxylic acids is 3. The first kappa shape index (κ1) is 40.1. The van der Waals surface area contributed by atoms with Crippen molar-refractivity contribution in [3.05, 3.63) is 88.1 Å². The highest BCUT2D eigenvalue weighted by atomic mass is 16.6. The summed E-state index contributed by atoms with van der Waals surface area (Å²) < 4.78 is 12.3. The third kappa shape index (κ3) is 9.79. The Balaban J connectivity index is 0.888. The van der Waals surface area contributed by atoms with Crippen LogP contribution in [0.1, 0.15) is 101 Å². The van der Waals surface area contributed by atoms with E-state index in [1.807, 2.05) is 54.0 Å². The number of ketones is 1. The summed E-state index contributed by atoms with van der Waals surface area (Å²) in [7, 11) is 0. The predicted octanol–water partition coefficient (Wildman–Crippen LogP) is 8.62. The first-order chi connectivity index (χ1) is 27.3. The SMILES string of the molecule is CCc1cccc(N(CC)C(=O)Cn2c(C(=O)CC3CCC(C(=O)NCCCCCCCCOc4ccc([N+](=O)[O-])c5nonc45)CC3)cc3ccccc32)c1. The maximum absolute atomic E-state index is 13.9. The fourth-order valence-electron chi connectivity index (χ4n) is 7.84. The van der Waals surface area contributed by atoms with Crippen LogP contribution < -0.4 is 15.0 Å². The number of aryl methyl sites for hydroxylation is 1. The molecular formula is C43H52N6O7. The van der Waals surface area contributed by atoms with Gasteiger partial charge in [-0.05, 0) is 104 Å². The monoisotopic (exact) mass is 764 g/mol. The number of ether oxygens (including phenoxy) is 1. The number of aromatic nitrogens is 3. The topological polar surface area (TPSA) is 163 Å². The van der Waals surface area contributed by atoms with Gasteiger partial charge in [0.05, 0.1) is 17.2 Å². The van der Waals surface area contributed by atoms with Gasteiger partial charge in [-0.15, -0.1) is 0 Å². The molecular weight excluding hydrogens is 713 g/mol. The summed E-state index contributed by atoms with van der Waals surface area (Å²) in [6, 6.07) is 20.7. The lowest BCUT2D eigenvalue weighted by molar-refractivity contribution is -0.383. The zero-order chi connectivity index (χ0) is 39.4. The summed E-state index contributed by atoms with van der Waals surface area (Å²) in [5.41, 5.74) is 3.65. The Kier molecular flexibility index (Phi) is 13.8. The molecule has 1 saturated carbocycles. The maximum Gasteiger partial charge on any atom is 0.301 e. The average molecular weight is 765 g/mol. The van der Waals surface area contributed by atoms with Gasteiger partial charge in [-0.3, -0.25) is 24.5 Å². The van der Waals surface area contributed by atoms with Gasteiger partial charge in [-0.1, -0.05) is 62.9 Å². The largest absolute Gasteiger partial charge is 0.491 e. The molecule has 2 heterocycles. The second-order valence-electron chi connectivity index (χ2n) is 14.7. The fraction of sp³-hybridized carbons (Fsp3) is 0.465. The third-order valence-electron chi connectivity index (χ3n) is 11.0. The zero-order valence-corrected chi connectivity index (χ0v) is 32.4. The van der Waals surface area contributed by atoms with Crippen LogP contribution in [-0.4, -0.2) is 57.1 Å². The Morgan fingerprint density at radius 3 is 2.43 bits per heavy atom. The molecule has 0 aliphatic heterocycles. The molecule has 1 fully saturated rings. The Morgan fingerprint density at radius 2 is 1.66 bits per heavy atom. The van der Waals surface area contributed by atoms with Gasteiger partial charge in [-0.25, -0.2) is 4.63 Å². The van der Waals surface area contributed by atoms with Gasteiger partial charge in [0.15, 0.2) is 17.0 Å². The number of Topliss-reactive ketones (excluding diaryl/α,β-unsaturated/α-hetero) is 1. The Hall–Kier alpha value is -5.59. The zero-order valence-electron chi connectivity index (χ0n) is 32.4. The van der Waals surface area contributed by atoms with E-state index < -0.39 is 4.92 Å². The number of rotatable bonds is 20. The minimum atomic E-state index is -0.525. The number of nitrogens with one attached hydrogen (secondary N) is 1. The number of anilines is 1. The number of carbonyl (C=O) groups is 3. The van der Waals surface area contributed by atoms with Gasteiger partial charge in [0.25, 0.3) is 0 Å². The highest BCUT2D eigenvalue weighted by molar-refractivity contribution is 6.02. The Morgan fingerprint density at radius 1 is 0.911 bits per heavy atom. The number of likely N-dealkylation sites (N-methyl/N-ethyl adjacent to an activating group) is 1. The van der Waals surface area contributed by atoms with Gasteiger partial charge in [0.2, 0.25) is 17.3 Å². The molecule has 13 heteroatoms. The van der Waals surface area contributed by atoms with E-state index in [1.165, 1.54) is 17.7 Å². The van der Waals surface area contributed by atoms with Gasteiger partial charge < -0.3 is 19.5 Å². The lowest BCUT2D eigenvalue weighted by atomic mass is 9.79. The molecule has 2 aromatic heterocycles. The normalized spacial score (nSPS) is 15.5. The van der Waals surface area contributed by atoms with Crippen LogP contribution in [0.25, 0.3) is 21.9 Å². The molecule has 0 bridgehead atoms. The van der Waals surface area contributed by atoms with Crippen LogP contribution >= 0.6 is 0 Å². The van der Waals surface area contributed by atoms with Crippen LogP contribution in [0.15, 0.2) is 71.4 Å². The number of nitro benzene ring substituents is 1. The Bertz CT molecular complexity index is 2130. The molecule has 0 saturated heterocycles. The number of para-hydroxylation sites is 1. The first-order valence-corrected chi connectivity index (χ1v) is 20.1. The molecule has 3 aromatic carbocycles. The van der Waals surface area contributed by atoms with Crippen molar-refractivity contribution >= 4 is 50.9 Å². The highest BCUT2D eigenvalue weighted by Crippen LogP contribution is 2.33. The Labute approximate surface area is 326 Å². The molecule has 1 aliphatic rings. The van der Waals surface area contributed by atoms with Crippen LogP contribution in [0, 0.1) is 22.0 Å². The van der Waals surface area contributed by atoms with Crippen LogP contribution in [0.2, 0.25) is 0 Å². The summed E-state index contributed by atoms with van der Waals surface area (Å²) in [5.74, 6) is 0.695. The summed E-state index contributed by atoms with van der Waals surface area (Å²) in [4.78, 5) is 53.0. The van der Waals surface area contributed by atoms with Crippen molar-refractivity contribution < 1.29 is 28.7 Å². The molecule has 1 aliphatic carbocycles. The summed E-state index contributed by atoms with van der Waals surface area (Å²) >= 11 is 0. The number of unbranched alkanes of at least 4 members (excludes halogenated alkanes) is 5.